The lowest BCUT2D eigenvalue weighted by atomic mass is 9.84. The van der Waals surface area contributed by atoms with Crippen molar-refractivity contribution in [1.29, 1.82) is 0 Å². The number of amides is 1. The number of anilines is 1. The van der Waals surface area contributed by atoms with Gasteiger partial charge in [0.2, 0.25) is 0 Å². The lowest BCUT2D eigenvalue weighted by Gasteiger charge is -2.40. The molecule has 1 fully saturated rings. The number of hydrogen-bond donors (Lipinski definition) is 2. The summed E-state index contributed by atoms with van der Waals surface area (Å²) in [6.45, 7) is 0.671. The van der Waals surface area contributed by atoms with Crippen LogP contribution >= 0.6 is 0 Å². The fourth-order valence-corrected chi connectivity index (χ4v) is 5.55. The maximum Gasteiger partial charge on any atom is 0.294 e. The topological polar surface area (TPSA) is 105 Å². The Bertz CT molecular complexity index is 1680. The van der Waals surface area contributed by atoms with Gasteiger partial charge in [-0.3, -0.25) is 14.0 Å². The minimum absolute atomic E-state index is 0.176. The van der Waals surface area contributed by atoms with E-state index in [1.165, 1.54) is 42.5 Å². The van der Waals surface area contributed by atoms with E-state index in [2.05, 4.69) is 10.4 Å². The van der Waals surface area contributed by atoms with Crippen molar-refractivity contribution in [2.24, 2.45) is 7.05 Å². The molecule has 0 bridgehead atoms. The molecule has 1 aromatic heterocycles. The number of rotatable bonds is 6. The Morgan fingerprint density at radius 3 is 2.35 bits per heavy atom. The molecule has 2 N–H and O–H groups in total. The number of nitrogens with zero attached hydrogens (tertiary/aromatic N) is 3. The molecule has 0 saturated carbocycles. The molecule has 2 heterocycles. The summed E-state index contributed by atoms with van der Waals surface area (Å²) in [7, 11) is -2.65. The van der Waals surface area contributed by atoms with E-state index in [-0.39, 0.29) is 17.0 Å². The monoisotopic (exact) mass is 570 g/mol. The molecule has 1 amide bonds. The number of aromatic nitrogens is 2. The van der Waals surface area contributed by atoms with Crippen molar-refractivity contribution in [2.75, 3.05) is 18.0 Å². The summed E-state index contributed by atoms with van der Waals surface area (Å²) in [5, 5.41) is 6.94. The van der Waals surface area contributed by atoms with Gasteiger partial charge in [0.15, 0.2) is 11.6 Å². The molecule has 12 heteroatoms. The Balaban J connectivity index is 1.42. The van der Waals surface area contributed by atoms with Crippen molar-refractivity contribution in [1.82, 2.24) is 15.1 Å². The van der Waals surface area contributed by atoms with E-state index in [1.54, 1.807) is 30.1 Å². The molecule has 1 saturated heterocycles. The predicted molar refractivity (Wildman–Crippen MR) is 142 cm³/mol. The van der Waals surface area contributed by atoms with Crippen LogP contribution in [0.5, 0.6) is 0 Å². The zero-order chi connectivity index (χ0) is 28.6. The summed E-state index contributed by atoms with van der Waals surface area (Å²) in [5.74, 6) is -3.81. The zero-order valence-corrected chi connectivity index (χ0v) is 22.1. The third-order valence-electron chi connectivity index (χ3n) is 7.13. The summed E-state index contributed by atoms with van der Waals surface area (Å²) < 4.78 is 76.5. The van der Waals surface area contributed by atoms with Crippen LogP contribution in [-0.4, -0.2) is 47.8 Å². The van der Waals surface area contributed by atoms with Crippen LogP contribution in [0.3, 0.4) is 0 Å². The van der Waals surface area contributed by atoms with Gasteiger partial charge in [-0.15, -0.1) is 0 Å². The molecule has 0 spiro atoms. The molecule has 4 aromatic rings. The summed E-state index contributed by atoms with van der Waals surface area (Å²) in [4.78, 5) is 14.9. The first-order valence-electron chi connectivity index (χ1n) is 12.4. The molecule has 0 unspecified atom stereocenters. The van der Waals surface area contributed by atoms with Crippen molar-refractivity contribution in [3.63, 3.8) is 0 Å². The van der Waals surface area contributed by atoms with Gasteiger partial charge in [0.25, 0.3) is 16.0 Å². The van der Waals surface area contributed by atoms with Gasteiger partial charge in [0.05, 0.1) is 22.2 Å². The summed E-state index contributed by atoms with van der Waals surface area (Å²) in [6, 6.07) is 14.5. The Hall–Kier alpha value is -4.16. The number of halogens is 3. The number of aryl methyl sites for hydroxylation is 1. The number of nitrogens with one attached hydrogen (secondary N) is 1. The van der Waals surface area contributed by atoms with Crippen molar-refractivity contribution >= 4 is 21.7 Å². The number of carbonyl (C=O) groups excluding carboxylic acids is 1. The molecule has 8 nitrogen and oxygen atoms in total. The number of piperidine rings is 1. The van der Waals surface area contributed by atoms with Gasteiger partial charge in [-0.1, -0.05) is 12.1 Å². The number of hydrogen-bond acceptors (Lipinski definition) is 5. The van der Waals surface area contributed by atoms with Gasteiger partial charge in [-0.05, 0) is 66.6 Å². The Morgan fingerprint density at radius 1 is 0.975 bits per heavy atom. The quantitative estimate of drug-likeness (QED) is 0.330. The van der Waals surface area contributed by atoms with Crippen LogP contribution in [0.25, 0.3) is 11.3 Å². The first-order valence-corrected chi connectivity index (χ1v) is 13.8. The van der Waals surface area contributed by atoms with Crippen LogP contribution < -0.4 is 10.2 Å². The van der Waals surface area contributed by atoms with E-state index < -0.39 is 45.4 Å². The van der Waals surface area contributed by atoms with E-state index in [9.17, 15) is 26.5 Å². The zero-order valence-electron chi connectivity index (χ0n) is 21.3. The Labute approximate surface area is 228 Å². The van der Waals surface area contributed by atoms with E-state index in [0.29, 0.717) is 35.5 Å². The molecule has 0 radical (unpaired) electrons. The maximum atomic E-state index is 15.1. The second-order valence-electron chi connectivity index (χ2n) is 9.60. The highest BCUT2D eigenvalue weighted by atomic mass is 32.2. The molecular weight excluding hydrogens is 545 g/mol. The van der Waals surface area contributed by atoms with Gasteiger partial charge >= 0.3 is 0 Å². The average Bonchev–Trinajstić information content (AvgIpc) is 3.35. The van der Waals surface area contributed by atoms with E-state index >= 15 is 4.39 Å². The van der Waals surface area contributed by atoms with Crippen LogP contribution in [0.15, 0.2) is 77.8 Å². The summed E-state index contributed by atoms with van der Waals surface area (Å²) in [6.07, 6.45) is 2.01. The van der Waals surface area contributed by atoms with E-state index in [0.717, 1.165) is 12.1 Å². The van der Waals surface area contributed by atoms with E-state index in [1.807, 2.05) is 4.90 Å². The third kappa shape index (κ3) is 5.58. The molecule has 1 aliphatic rings. The highest BCUT2D eigenvalue weighted by Gasteiger charge is 2.33. The van der Waals surface area contributed by atoms with Crippen LogP contribution in [0.1, 0.15) is 28.3 Å². The van der Waals surface area contributed by atoms with Crippen LogP contribution in [0.2, 0.25) is 0 Å². The first-order chi connectivity index (χ1) is 19.0. The molecule has 1 aliphatic heterocycles. The normalized spacial score (nSPS) is 17.6. The van der Waals surface area contributed by atoms with Crippen LogP contribution in [0, 0.1) is 17.5 Å². The highest BCUT2D eigenvalue weighted by molar-refractivity contribution is 7.85. The molecule has 208 valence electrons. The van der Waals surface area contributed by atoms with Gasteiger partial charge in [0.1, 0.15) is 5.82 Å². The lowest BCUT2D eigenvalue weighted by Crippen LogP contribution is -2.52. The fourth-order valence-electron chi connectivity index (χ4n) is 5.07. The van der Waals surface area contributed by atoms with Gasteiger partial charge in [-0.25, -0.2) is 13.2 Å². The standard InChI is InChI=1S/C28H25F3N4O4S/c1-34-27(10-12-32-34)18-2-8-22(24(30)15-18)28(36)33-26-16-35(19-4-6-20(7-5-19)40(37,38)39)13-11-21(26)17-3-9-23(29)25(31)14-17/h2-10,12,14-15,21,26H,11,13,16H2,1H3,(H,33,36)(H,37,38,39)/t21-,26+/m0/s1. The molecule has 3 aromatic carbocycles. The summed E-state index contributed by atoms with van der Waals surface area (Å²) in [5.41, 5.74) is 2.15. The Kier molecular flexibility index (Phi) is 7.39. The SMILES string of the molecule is Cn1nccc1-c1ccc(C(=O)N[C@@H]2CN(c3ccc(S(=O)(=O)O)cc3)CC[C@H]2c2ccc(F)c(F)c2)c(F)c1. The second kappa shape index (κ2) is 10.8. The van der Waals surface area contributed by atoms with Gasteiger partial charge in [-0.2, -0.15) is 13.5 Å². The minimum atomic E-state index is -4.37. The van der Waals surface area contributed by atoms with Crippen LogP contribution in [0.4, 0.5) is 18.9 Å². The van der Waals surface area contributed by atoms with Gasteiger partial charge in [0, 0.05) is 43.5 Å². The average molecular weight is 571 g/mol. The van der Waals surface area contributed by atoms with E-state index in [4.69, 9.17) is 0 Å². The van der Waals surface area contributed by atoms with Crippen molar-refractivity contribution < 1.29 is 30.9 Å². The second-order valence-corrected chi connectivity index (χ2v) is 11.0. The van der Waals surface area contributed by atoms with Crippen molar-refractivity contribution in [3.05, 3.63) is 102 Å². The van der Waals surface area contributed by atoms with Gasteiger partial charge < -0.3 is 10.2 Å². The molecular formula is C28H25F3N4O4S. The fraction of sp³-hybridized carbons (Fsp3) is 0.214. The Morgan fingerprint density at radius 2 is 1.73 bits per heavy atom. The minimum Gasteiger partial charge on any atom is -0.369 e. The number of carbonyl (C=O) groups is 1. The van der Waals surface area contributed by atoms with Crippen molar-refractivity contribution in [2.45, 2.75) is 23.3 Å². The molecule has 40 heavy (non-hydrogen) atoms. The molecule has 0 aliphatic carbocycles. The largest absolute Gasteiger partial charge is 0.369 e. The lowest BCUT2D eigenvalue weighted by molar-refractivity contribution is 0.0923. The smallest absolute Gasteiger partial charge is 0.294 e. The third-order valence-corrected chi connectivity index (χ3v) is 8.00. The number of benzene rings is 3. The highest BCUT2D eigenvalue weighted by Crippen LogP contribution is 2.33. The predicted octanol–water partition coefficient (Wildman–Crippen LogP) is 4.54. The first kappa shape index (κ1) is 27.4. The van der Waals surface area contributed by atoms with Crippen LogP contribution in [-0.2, 0) is 17.2 Å². The molecule has 5 rings (SSSR count). The van der Waals surface area contributed by atoms with Crippen molar-refractivity contribution in [3.8, 4) is 11.3 Å². The maximum absolute atomic E-state index is 15.1. The summed E-state index contributed by atoms with van der Waals surface area (Å²) >= 11 is 0. The molecule has 2 atom stereocenters.